The Morgan fingerprint density at radius 1 is 0.620 bits per heavy atom. The summed E-state index contributed by atoms with van der Waals surface area (Å²) in [6.45, 7) is 4.14. The second-order valence-electron chi connectivity index (χ2n) is 14.7. The van der Waals surface area contributed by atoms with Gasteiger partial charge in [0.2, 0.25) is 0 Å². The van der Waals surface area contributed by atoms with Gasteiger partial charge in [0.05, 0.1) is 27.7 Å². The minimum absolute atomic E-state index is 0.0302. The second kappa shape index (κ2) is 33.3. The molecule has 0 aliphatic rings. The Morgan fingerprint density at radius 2 is 1.08 bits per heavy atom. The predicted octanol–water partition coefficient (Wildman–Crippen LogP) is 10.2. The lowest BCUT2D eigenvalue weighted by atomic mass is 10.1. The largest absolute Gasteiger partial charge is 0.756 e. The first-order valence-corrected chi connectivity index (χ1v) is 21.5. The van der Waals surface area contributed by atoms with Gasteiger partial charge in [-0.15, -0.1) is 0 Å². The van der Waals surface area contributed by atoms with Crippen molar-refractivity contribution < 1.29 is 42.1 Å². The number of phosphoric ester groups is 1. The fourth-order valence-electron chi connectivity index (χ4n) is 5.27. The van der Waals surface area contributed by atoms with E-state index in [1.54, 1.807) is 0 Å². The molecule has 50 heavy (non-hydrogen) atoms. The number of carbonyl (C=O) groups is 2. The van der Waals surface area contributed by atoms with E-state index in [0.29, 0.717) is 17.4 Å². The number of unbranched alkanes of at least 4 members (excludes halogenated alkanes) is 18. The molecule has 0 spiro atoms. The molecule has 2 atom stereocenters. The Morgan fingerprint density at radius 3 is 1.62 bits per heavy atom. The summed E-state index contributed by atoms with van der Waals surface area (Å²) >= 11 is 0. The zero-order valence-electron chi connectivity index (χ0n) is 32.8. The van der Waals surface area contributed by atoms with Gasteiger partial charge >= 0.3 is 11.9 Å². The number of quaternary nitrogens is 1. The van der Waals surface area contributed by atoms with Crippen LogP contribution in [0.5, 0.6) is 0 Å². The Hall–Kier alpha value is -1.51. The van der Waals surface area contributed by atoms with Gasteiger partial charge in [0, 0.05) is 12.8 Å². The molecule has 0 N–H and O–H groups in total. The van der Waals surface area contributed by atoms with E-state index in [4.69, 9.17) is 18.5 Å². The quantitative estimate of drug-likeness (QED) is 0.0206. The molecule has 0 saturated carbocycles. The Kier molecular flexibility index (Phi) is 32.3. The van der Waals surface area contributed by atoms with Gasteiger partial charge in [-0.25, -0.2) is 0 Å². The zero-order valence-corrected chi connectivity index (χ0v) is 33.7. The summed E-state index contributed by atoms with van der Waals surface area (Å²) in [6.07, 6.45) is 33.7. The highest BCUT2D eigenvalue weighted by atomic mass is 31.2. The second-order valence-corrected chi connectivity index (χ2v) is 16.1. The van der Waals surface area contributed by atoms with E-state index in [0.717, 1.165) is 44.9 Å². The molecule has 1 unspecified atom stereocenters. The van der Waals surface area contributed by atoms with Gasteiger partial charge in [-0.3, -0.25) is 14.2 Å². The van der Waals surface area contributed by atoms with Gasteiger partial charge in [-0.2, -0.15) is 0 Å². The fraction of sp³-hybridized carbons (Fsp3) is 0.850. The number of ether oxygens (including phenoxy) is 2. The number of likely N-dealkylation sites (N-methyl/N-ethyl adjacent to an activating group) is 1. The molecule has 9 nitrogen and oxygen atoms in total. The van der Waals surface area contributed by atoms with E-state index in [1.807, 2.05) is 21.1 Å². The minimum atomic E-state index is -4.61. The van der Waals surface area contributed by atoms with E-state index < -0.39 is 26.5 Å². The zero-order chi connectivity index (χ0) is 37.2. The SMILES string of the molecule is CCCCC/C=C/C/C=C/CCCCCCCCCCCC(=O)OC[C@@H](COP(=O)([O-])OCC[N+](C)(C)C)OC(=O)CCCCCCCCC. The molecule has 0 radical (unpaired) electrons. The molecule has 0 bridgehead atoms. The summed E-state index contributed by atoms with van der Waals surface area (Å²) in [7, 11) is 1.16. The first-order valence-electron chi connectivity index (χ1n) is 20.0. The van der Waals surface area contributed by atoms with Crippen molar-refractivity contribution in [3.63, 3.8) is 0 Å². The molecule has 0 heterocycles. The van der Waals surface area contributed by atoms with Crippen molar-refractivity contribution in [3.05, 3.63) is 24.3 Å². The fourth-order valence-corrected chi connectivity index (χ4v) is 6.00. The van der Waals surface area contributed by atoms with E-state index in [-0.39, 0.29) is 32.0 Å². The lowest BCUT2D eigenvalue weighted by molar-refractivity contribution is -0.870. The maximum absolute atomic E-state index is 12.5. The first-order chi connectivity index (χ1) is 24.0. The summed E-state index contributed by atoms with van der Waals surface area (Å²) < 4.78 is 33.7. The Labute approximate surface area is 307 Å². The van der Waals surface area contributed by atoms with E-state index in [9.17, 15) is 19.0 Å². The standard InChI is InChI=1S/C40H76NO8P/c1-6-8-10-12-14-15-16-17-18-19-20-21-22-23-24-25-27-28-30-32-39(42)46-36-38(37-48-50(44,45)47-35-34-41(3,4)5)49-40(43)33-31-29-26-13-11-9-7-2/h14-15,17-18,38H,6-13,16,19-37H2,1-5H3/b15-14+,18-17+/t38-/m0/s1. The number of allylic oxidation sites excluding steroid dienone is 4. The third-order valence-electron chi connectivity index (χ3n) is 8.47. The number of hydrogen-bond donors (Lipinski definition) is 0. The number of carbonyl (C=O) groups excluding carboxylic acids is 2. The van der Waals surface area contributed by atoms with Gasteiger partial charge < -0.3 is 27.9 Å². The van der Waals surface area contributed by atoms with Crippen LogP contribution in [0, 0.1) is 0 Å². The molecule has 0 aromatic heterocycles. The highest BCUT2D eigenvalue weighted by Crippen LogP contribution is 2.38. The number of nitrogens with zero attached hydrogens (tertiary/aromatic N) is 1. The molecule has 294 valence electrons. The Balaban J connectivity index is 4.24. The van der Waals surface area contributed by atoms with Crippen LogP contribution >= 0.6 is 7.82 Å². The number of hydrogen-bond acceptors (Lipinski definition) is 8. The molecule has 0 rings (SSSR count). The topological polar surface area (TPSA) is 111 Å². The normalized spacial score (nSPS) is 14.0. The van der Waals surface area contributed by atoms with Crippen LogP contribution in [0.15, 0.2) is 24.3 Å². The smallest absolute Gasteiger partial charge is 0.306 e. The molecular weight excluding hydrogens is 653 g/mol. The number of rotatable bonds is 36. The van der Waals surface area contributed by atoms with Gasteiger partial charge in [-0.05, 0) is 44.9 Å². The van der Waals surface area contributed by atoms with E-state index >= 15 is 0 Å². The lowest BCUT2D eigenvalue weighted by Gasteiger charge is -2.28. The summed E-state index contributed by atoms with van der Waals surface area (Å²) in [5, 5.41) is 0. The van der Waals surface area contributed by atoms with Crippen LogP contribution < -0.4 is 4.89 Å². The molecular formula is C40H76NO8P. The van der Waals surface area contributed by atoms with Crippen LogP contribution in [0.2, 0.25) is 0 Å². The van der Waals surface area contributed by atoms with Crippen molar-refractivity contribution in [2.45, 2.75) is 174 Å². The van der Waals surface area contributed by atoms with Crippen molar-refractivity contribution in [2.24, 2.45) is 0 Å². The lowest BCUT2D eigenvalue weighted by Crippen LogP contribution is -2.37. The third kappa shape index (κ3) is 36.3. The average molecular weight is 730 g/mol. The summed E-state index contributed by atoms with van der Waals surface area (Å²) in [4.78, 5) is 37.2. The molecule has 0 saturated heterocycles. The van der Waals surface area contributed by atoms with Crippen molar-refractivity contribution in [1.82, 2.24) is 0 Å². The molecule has 0 aliphatic carbocycles. The van der Waals surface area contributed by atoms with Crippen molar-refractivity contribution >= 4 is 19.8 Å². The third-order valence-corrected chi connectivity index (χ3v) is 9.44. The maximum atomic E-state index is 12.5. The number of esters is 2. The molecule has 0 aromatic carbocycles. The van der Waals surface area contributed by atoms with Gasteiger partial charge in [0.15, 0.2) is 6.10 Å². The van der Waals surface area contributed by atoms with Gasteiger partial charge in [0.25, 0.3) is 7.82 Å². The van der Waals surface area contributed by atoms with E-state index in [1.165, 1.54) is 89.9 Å². The van der Waals surface area contributed by atoms with Gasteiger partial charge in [-0.1, -0.05) is 134 Å². The molecule has 0 aliphatic heterocycles. The summed E-state index contributed by atoms with van der Waals surface area (Å²) in [6, 6.07) is 0. The van der Waals surface area contributed by atoms with Crippen LogP contribution in [0.4, 0.5) is 0 Å². The van der Waals surface area contributed by atoms with Crippen molar-refractivity contribution in [2.75, 3.05) is 47.5 Å². The van der Waals surface area contributed by atoms with Crippen molar-refractivity contribution in [3.8, 4) is 0 Å². The molecule has 0 fully saturated rings. The first kappa shape index (κ1) is 48.5. The van der Waals surface area contributed by atoms with E-state index in [2.05, 4.69) is 38.2 Å². The number of phosphoric acid groups is 1. The highest BCUT2D eigenvalue weighted by Gasteiger charge is 2.21. The van der Waals surface area contributed by atoms with Crippen molar-refractivity contribution in [1.29, 1.82) is 0 Å². The monoisotopic (exact) mass is 730 g/mol. The van der Waals surface area contributed by atoms with Crippen LogP contribution in [0.1, 0.15) is 168 Å². The molecule has 0 amide bonds. The van der Waals surface area contributed by atoms with Crippen LogP contribution in [-0.4, -0.2) is 70.0 Å². The average Bonchev–Trinajstić information content (AvgIpc) is 3.06. The summed E-state index contributed by atoms with van der Waals surface area (Å²) in [5.41, 5.74) is 0. The highest BCUT2D eigenvalue weighted by molar-refractivity contribution is 7.45. The Bertz CT molecular complexity index is 918. The van der Waals surface area contributed by atoms with Gasteiger partial charge in [0.1, 0.15) is 19.8 Å². The predicted molar refractivity (Wildman–Crippen MR) is 204 cm³/mol. The molecule has 0 aromatic rings. The minimum Gasteiger partial charge on any atom is -0.756 e. The molecule has 10 heteroatoms. The van der Waals surface area contributed by atoms with Crippen LogP contribution in [0.3, 0.4) is 0 Å². The maximum Gasteiger partial charge on any atom is 0.306 e. The van der Waals surface area contributed by atoms with Crippen LogP contribution in [-0.2, 0) is 32.7 Å². The summed E-state index contributed by atoms with van der Waals surface area (Å²) in [5.74, 6) is -0.845. The van der Waals surface area contributed by atoms with Crippen LogP contribution in [0.25, 0.3) is 0 Å².